The molecule has 0 amide bonds. The molecule has 0 radical (unpaired) electrons. The molecule has 0 bridgehead atoms. The van der Waals surface area contributed by atoms with Crippen LogP contribution in [0, 0.1) is 11.3 Å². The summed E-state index contributed by atoms with van der Waals surface area (Å²) in [6.45, 7) is 1.54. The smallest absolute Gasteiger partial charge is 0.349 e. The van der Waals surface area contributed by atoms with Gasteiger partial charge in [0.05, 0.1) is 15.1 Å². The molecular formula is C15H10N2O2S2. The Morgan fingerprint density at radius 3 is 2.86 bits per heavy atom. The molecule has 6 heteroatoms. The number of hydrogen-bond acceptors (Lipinski definition) is 6. The highest BCUT2D eigenvalue weighted by Crippen LogP contribution is 2.34. The molecular weight excluding hydrogens is 304 g/mol. The number of benzene rings is 1. The van der Waals surface area contributed by atoms with Gasteiger partial charge in [0.25, 0.3) is 0 Å². The summed E-state index contributed by atoms with van der Waals surface area (Å²) in [6.07, 6.45) is -0.745. The normalized spacial score (nSPS) is 12.0. The highest BCUT2D eigenvalue weighted by atomic mass is 32.1. The fourth-order valence-corrected chi connectivity index (χ4v) is 3.69. The van der Waals surface area contributed by atoms with Crippen LogP contribution < -0.4 is 0 Å². The number of nitriles is 1. The minimum Gasteiger partial charge on any atom is -0.443 e. The summed E-state index contributed by atoms with van der Waals surface area (Å²) in [5.41, 5.74) is 0.952. The van der Waals surface area contributed by atoms with Crippen LogP contribution in [0.3, 0.4) is 0 Å². The third-order valence-corrected chi connectivity index (χ3v) is 5.05. The van der Waals surface area contributed by atoms with Crippen LogP contribution in [0.25, 0.3) is 20.1 Å². The van der Waals surface area contributed by atoms with E-state index < -0.39 is 12.1 Å². The van der Waals surface area contributed by atoms with Gasteiger partial charge in [0.1, 0.15) is 16.0 Å². The quantitative estimate of drug-likeness (QED) is 0.683. The zero-order valence-corrected chi connectivity index (χ0v) is 12.7. The maximum Gasteiger partial charge on any atom is 0.349 e. The number of nitrogens with zero attached hydrogens (tertiary/aromatic N) is 2. The third-order valence-electron chi connectivity index (χ3n) is 2.78. The number of para-hydroxylation sites is 1. The molecule has 1 aromatic carbocycles. The van der Waals surface area contributed by atoms with Gasteiger partial charge in [-0.05, 0) is 31.2 Å². The highest BCUT2D eigenvalue weighted by Gasteiger charge is 2.16. The summed E-state index contributed by atoms with van der Waals surface area (Å²) in [6, 6.07) is 13.4. The molecule has 3 rings (SSSR count). The Morgan fingerprint density at radius 1 is 1.29 bits per heavy atom. The first-order chi connectivity index (χ1) is 10.2. The molecule has 0 aliphatic rings. The Kier molecular flexibility index (Phi) is 3.69. The van der Waals surface area contributed by atoms with Crippen LogP contribution in [0.15, 0.2) is 36.4 Å². The first-order valence-electron chi connectivity index (χ1n) is 6.24. The maximum absolute atomic E-state index is 11.9. The molecule has 0 aliphatic carbocycles. The van der Waals surface area contributed by atoms with E-state index in [1.54, 1.807) is 24.3 Å². The Hall–Kier alpha value is -2.23. The summed E-state index contributed by atoms with van der Waals surface area (Å²) >= 11 is 2.91. The van der Waals surface area contributed by atoms with E-state index in [0.29, 0.717) is 4.88 Å². The molecule has 0 saturated heterocycles. The number of hydrogen-bond donors (Lipinski definition) is 0. The lowest BCUT2D eigenvalue weighted by Crippen LogP contribution is -2.11. The summed E-state index contributed by atoms with van der Waals surface area (Å²) < 4.78 is 6.10. The second-order valence-electron chi connectivity index (χ2n) is 4.33. The predicted molar refractivity (Wildman–Crippen MR) is 83.4 cm³/mol. The number of thiophene rings is 1. The Labute approximate surface area is 129 Å². The van der Waals surface area contributed by atoms with E-state index in [4.69, 9.17) is 10.00 Å². The van der Waals surface area contributed by atoms with E-state index in [2.05, 4.69) is 4.98 Å². The summed E-state index contributed by atoms with van der Waals surface area (Å²) in [5, 5.41) is 9.55. The van der Waals surface area contributed by atoms with E-state index in [1.165, 1.54) is 11.3 Å². The van der Waals surface area contributed by atoms with Crippen LogP contribution in [-0.4, -0.2) is 17.1 Å². The number of ether oxygens (including phenoxy) is 1. The molecule has 0 N–H and O–H groups in total. The van der Waals surface area contributed by atoms with Crippen molar-refractivity contribution in [2.24, 2.45) is 0 Å². The van der Waals surface area contributed by atoms with Gasteiger partial charge in [0.15, 0.2) is 6.10 Å². The molecule has 2 aromatic heterocycles. The molecule has 0 spiro atoms. The summed E-state index contributed by atoms with van der Waals surface area (Å²) in [4.78, 5) is 17.8. The van der Waals surface area contributed by atoms with Crippen LogP contribution >= 0.6 is 22.7 Å². The van der Waals surface area contributed by atoms with Gasteiger partial charge in [-0.25, -0.2) is 9.78 Å². The zero-order valence-electron chi connectivity index (χ0n) is 11.1. The SMILES string of the molecule is C[C@H](C#N)OC(=O)c1ccc(-c2nc3ccccc3s2)s1. The van der Waals surface area contributed by atoms with Gasteiger partial charge in [-0.1, -0.05) is 12.1 Å². The molecule has 0 aliphatic heterocycles. The van der Waals surface area contributed by atoms with Gasteiger partial charge in [-0.15, -0.1) is 22.7 Å². The average molecular weight is 314 g/mol. The molecule has 0 fully saturated rings. The van der Waals surface area contributed by atoms with Gasteiger partial charge in [-0.2, -0.15) is 5.26 Å². The minimum absolute atomic E-state index is 0.471. The number of fused-ring (bicyclic) bond motifs is 1. The summed E-state index contributed by atoms with van der Waals surface area (Å²) in [5.74, 6) is -0.471. The van der Waals surface area contributed by atoms with Crippen molar-refractivity contribution in [3.8, 4) is 16.0 Å². The molecule has 104 valence electrons. The molecule has 0 unspecified atom stereocenters. The minimum atomic E-state index is -0.745. The van der Waals surface area contributed by atoms with Crippen molar-refractivity contribution < 1.29 is 9.53 Å². The predicted octanol–water partition coefficient (Wildman–Crippen LogP) is 4.09. The Bertz CT molecular complexity index is 812. The van der Waals surface area contributed by atoms with E-state index in [9.17, 15) is 4.79 Å². The maximum atomic E-state index is 11.9. The second-order valence-corrected chi connectivity index (χ2v) is 6.44. The first kappa shape index (κ1) is 13.7. The number of carbonyl (C=O) groups is 1. The summed E-state index contributed by atoms with van der Waals surface area (Å²) in [7, 11) is 0. The average Bonchev–Trinajstić information content (AvgIpc) is 3.13. The van der Waals surface area contributed by atoms with Gasteiger partial charge < -0.3 is 4.74 Å². The Morgan fingerprint density at radius 2 is 2.10 bits per heavy atom. The van der Waals surface area contributed by atoms with Crippen LogP contribution in [-0.2, 0) is 4.74 Å². The van der Waals surface area contributed by atoms with Crippen LogP contribution in [0.4, 0.5) is 0 Å². The van der Waals surface area contributed by atoms with Crippen molar-refractivity contribution in [1.82, 2.24) is 4.98 Å². The van der Waals surface area contributed by atoms with E-state index in [-0.39, 0.29) is 0 Å². The van der Waals surface area contributed by atoms with Gasteiger partial charge in [0, 0.05) is 0 Å². The number of esters is 1. The lowest BCUT2D eigenvalue weighted by atomic mass is 10.3. The third kappa shape index (κ3) is 2.79. The van der Waals surface area contributed by atoms with Crippen LogP contribution in [0.1, 0.15) is 16.6 Å². The van der Waals surface area contributed by atoms with Crippen molar-refractivity contribution in [2.75, 3.05) is 0 Å². The van der Waals surface area contributed by atoms with Gasteiger partial charge >= 0.3 is 5.97 Å². The standard InChI is InChI=1S/C15H10N2O2S2/c1-9(8-16)19-15(18)13-7-6-12(20-13)14-17-10-4-2-3-5-11(10)21-14/h2-7,9H,1H3/t9-/m1/s1. The number of thiazole rings is 1. The molecule has 21 heavy (non-hydrogen) atoms. The van der Waals surface area contributed by atoms with Crippen LogP contribution in [0.2, 0.25) is 0 Å². The number of carbonyl (C=O) groups excluding carboxylic acids is 1. The zero-order chi connectivity index (χ0) is 14.8. The first-order valence-corrected chi connectivity index (χ1v) is 7.87. The van der Waals surface area contributed by atoms with Gasteiger partial charge in [0.2, 0.25) is 0 Å². The molecule has 1 atom stereocenters. The van der Waals surface area contributed by atoms with Crippen LogP contribution in [0.5, 0.6) is 0 Å². The number of rotatable bonds is 3. The van der Waals surface area contributed by atoms with Crippen molar-refractivity contribution in [3.63, 3.8) is 0 Å². The fraction of sp³-hybridized carbons (Fsp3) is 0.133. The fourth-order valence-electron chi connectivity index (χ4n) is 1.79. The van der Waals surface area contributed by atoms with Crippen molar-refractivity contribution in [3.05, 3.63) is 41.3 Å². The lowest BCUT2D eigenvalue weighted by Gasteiger charge is -2.02. The van der Waals surface area contributed by atoms with E-state index in [0.717, 1.165) is 20.1 Å². The molecule has 2 heterocycles. The molecule has 3 aromatic rings. The highest BCUT2D eigenvalue weighted by molar-refractivity contribution is 7.26. The molecule has 0 saturated carbocycles. The lowest BCUT2D eigenvalue weighted by molar-refractivity contribution is 0.0441. The van der Waals surface area contributed by atoms with Crippen molar-refractivity contribution in [2.45, 2.75) is 13.0 Å². The van der Waals surface area contributed by atoms with Crippen molar-refractivity contribution >= 4 is 38.9 Å². The van der Waals surface area contributed by atoms with Gasteiger partial charge in [-0.3, -0.25) is 0 Å². The van der Waals surface area contributed by atoms with Crippen molar-refractivity contribution in [1.29, 1.82) is 5.26 Å². The molecule has 4 nitrogen and oxygen atoms in total. The van der Waals surface area contributed by atoms with E-state index in [1.807, 2.05) is 36.4 Å². The topological polar surface area (TPSA) is 63.0 Å². The van der Waals surface area contributed by atoms with E-state index >= 15 is 0 Å². The Balaban J connectivity index is 1.88. The number of aromatic nitrogens is 1. The second kappa shape index (κ2) is 5.64. The monoisotopic (exact) mass is 314 g/mol. The largest absolute Gasteiger partial charge is 0.443 e.